The first-order valence-corrected chi connectivity index (χ1v) is 7.43. The smallest absolute Gasteiger partial charge is 0.342 e. The molecule has 1 fully saturated rings. The fourth-order valence-corrected chi connectivity index (χ4v) is 2.89. The molecular weight excluding hydrogens is 273 g/mol. The lowest BCUT2D eigenvalue weighted by atomic mass is 9.78. The number of hydrogen-bond acceptors (Lipinski definition) is 3. The van der Waals surface area contributed by atoms with Crippen LogP contribution in [0.5, 0.6) is 0 Å². The molecule has 0 aromatic carbocycles. The van der Waals surface area contributed by atoms with Crippen molar-refractivity contribution in [2.24, 2.45) is 24.6 Å². The topological polar surface area (TPSA) is 81.1 Å². The molecule has 2 unspecified atom stereocenters. The van der Waals surface area contributed by atoms with Gasteiger partial charge in [0.25, 0.3) is 0 Å². The molecule has 1 saturated carbocycles. The van der Waals surface area contributed by atoms with Gasteiger partial charge in [0.05, 0.1) is 5.69 Å². The number of nitrogens with two attached hydrogens (primary N) is 1. The molecule has 0 aliphatic heterocycles. The second kappa shape index (κ2) is 7.54. The van der Waals surface area contributed by atoms with Crippen LogP contribution in [-0.4, -0.2) is 26.9 Å². The van der Waals surface area contributed by atoms with Gasteiger partial charge in [-0.05, 0) is 31.6 Å². The van der Waals surface area contributed by atoms with Gasteiger partial charge >= 0.3 is 5.97 Å². The van der Waals surface area contributed by atoms with Crippen molar-refractivity contribution >= 4 is 5.97 Å². The van der Waals surface area contributed by atoms with Crippen LogP contribution in [0.2, 0.25) is 0 Å². The van der Waals surface area contributed by atoms with Gasteiger partial charge in [0.1, 0.15) is 5.56 Å². The van der Waals surface area contributed by atoms with Gasteiger partial charge in [-0.25, -0.2) is 9.48 Å². The maximum Gasteiger partial charge on any atom is 0.342 e. The number of nitrogens with zero attached hydrogens (tertiary/aromatic N) is 2. The highest BCUT2D eigenvalue weighted by atomic mass is 19.1. The molecule has 1 aromatic heterocycles. The van der Waals surface area contributed by atoms with E-state index in [2.05, 4.69) is 18.9 Å². The fourth-order valence-electron chi connectivity index (χ4n) is 2.89. The third-order valence-corrected chi connectivity index (χ3v) is 4.10. The number of carboxylic acid groups (broad SMARTS) is 1. The number of carbonyl (C=O) groups is 1. The van der Waals surface area contributed by atoms with E-state index in [-0.39, 0.29) is 11.3 Å². The van der Waals surface area contributed by atoms with Crippen LogP contribution in [0.15, 0.2) is 0 Å². The number of aromatic nitrogens is 2. The Kier molecular flexibility index (Phi) is 6.33. The van der Waals surface area contributed by atoms with E-state index in [4.69, 9.17) is 10.8 Å². The lowest BCUT2D eigenvalue weighted by Crippen LogP contribution is -2.35. The van der Waals surface area contributed by atoms with Crippen molar-refractivity contribution in [1.82, 2.24) is 9.78 Å². The molecule has 1 aliphatic rings. The quantitative estimate of drug-likeness (QED) is 0.879. The molecule has 1 heterocycles. The third kappa shape index (κ3) is 4.52. The molecule has 2 rings (SSSR count). The van der Waals surface area contributed by atoms with Crippen LogP contribution in [-0.2, 0) is 7.05 Å². The van der Waals surface area contributed by atoms with E-state index in [0.29, 0.717) is 6.04 Å². The van der Waals surface area contributed by atoms with Crippen LogP contribution in [0.3, 0.4) is 0 Å². The number of aromatic carboxylic acids is 1. The predicted octanol–water partition coefficient (Wildman–Crippen LogP) is 2.73. The van der Waals surface area contributed by atoms with E-state index < -0.39 is 11.9 Å². The van der Waals surface area contributed by atoms with Gasteiger partial charge in [0.15, 0.2) is 0 Å². The molecule has 1 aliphatic carbocycles. The highest BCUT2D eigenvalue weighted by Crippen LogP contribution is 2.28. The monoisotopic (exact) mass is 299 g/mol. The molecule has 0 radical (unpaired) electrons. The second-order valence-corrected chi connectivity index (χ2v) is 6.04. The summed E-state index contributed by atoms with van der Waals surface area (Å²) in [5.41, 5.74) is 5.82. The van der Waals surface area contributed by atoms with E-state index in [1.807, 2.05) is 0 Å². The van der Waals surface area contributed by atoms with E-state index >= 15 is 0 Å². The average Bonchev–Trinajstić information content (AvgIpc) is 2.64. The van der Waals surface area contributed by atoms with Crippen LogP contribution in [0.25, 0.3) is 0 Å². The summed E-state index contributed by atoms with van der Waals surface area (Å²) in [5, 5.41) is 12.1. The first-order chi connectivity index (χ1) is 9.75. The predicted molar refractivity (Wildman–Crippen MR) is 79.6 cm³/mol. The van der Waals surface area contributed by atoms with Crippen LogP contribution in [0, 0.1) is 24.7 Å². The molecule has 120 valence electrons. The molecule has 2 atom stereocenters. The van der Waals surface area contributed by atoms with Gasteiger partial charge in [-0.3, -0.25) is 0 Å². The summed E-state index contributed by atoms with van der Waals surface area (Å²) in [5.74, 6) is -0.507. The van der Waals surface area contributed by atoms with Crippen LogP contribution < -0.4 is 5.73 Å². The maximum absolute atomic E-state index is 12.8. The van der Waals surface area contributed by atoms with E-state index in [0.717, 1.165) is 16.5 Å². The first kappa shape index (κ1) is 17.6. The molecule has 0 spiro atoms. The summed E-state index contributed by atoms with van der Waals surface area (Å²) in [6.07, 6.45) is 5.36. The van der Waals surface area contributed by atoms with E-state index in [1.54, 1.807) is 0 Å². The summed E-state index contributed by atoms with van der Waals surface area (Å²) in [6.45, 7) is 6.03. The van der Waals surface area contributed by atoms with Crippen LogP contribution in [0.1, 0.15) is 55.6 Å². The van der Waals surface area contributed by atoms with Gasteiger partial charge < -0.3 is 10.8 Å². The second-order valence-electron chi connectivity index (χ2n) is 6.04. The summed E-state index contributed by atoms with van der Waals surface area (Å²) in [4.78, 5) is 10.4. The van der Waals surface area contributed by atoms with Crippen molar-refractivity contribution in [3.63, 3.8) is 0 Å². The van der Waals surface area contributed by atoms with Crippen LogP contribution >= 0.6 is 0 Å². The Morgan fingerprint density at radius 2 is 2.00 bits per heavy atom. The zero-order chi connectivity index (χ0) is 16.2. The van der Waals surface area contributed by atoms with Gasteiger partial charge in [-0.1, -0.05) is 26.7 Å². The number of aryl methyl sites for hydroxylation is 2. The lowest BCUT2D eigenvalue weighted by Gasteiger charge is -2.31. The van der Waals surface area contributed by atoms with Crippen molar-refractivity contribution in [3.05, 3.63) is 17.2 Å². The molecule has 21 heavy (non-hydrogen) atoms. The molecule has 6 heteroatoms. The lowest BCUT2D eigenvalue weighted by molar-refractivity contribution is 0.0690. The molecular formula is C15H26FN3O2. The normalized spacial score (nSPS) is 21.9. The zero-order valence-electron chi connectivity index (χ0n) is 13.3. The zero-order valence-corrected chi connectivity index (χ0v) is 13.3. The molecule has 0 saturated heterocycles. The average molecular weight is 299 g/mol. The van der Waals surface area contributed by atoms with Crippen LogP contribution in [0.4, 0.5) is 4.39 Å². The number of halogens is 1. The maximum atomic E-state index is 12.8. The Morgan fingerprint density at radius 1 is 1.43 bits per heavy atom. The Hall–Kier alpha value is -1.43. The van der Waals surface area contributed by atoms with E-state index in [1.165, 1.54) is 39.7 Å². The van der Waals surface area contributed by atoms with Crippen molar-refractivity contribution in [1.29, 1.82) is 0 Å². The number of hydrogen-bond donors (Lipinski definition) is 2. The summed E-state index contributed by atoms with van der Waals surface area (Å²) < 4.78 is 13.7. The van der Waals surface area contributed by atoms with Gasteiger partial charge in [-0.15, -0.1) is 0 Å². The van der Waals surface area contributed by atoms with Crippen molar-refractivity contribution < 1.29 is 14.3 Å². The number of rotatable bonds is 2. The van der Waals surface area contributed by atoms with Crippen molar-refractivity contribution in [2.75, 3.05) is 0 Å². The molecule has 1 aromatic rings. The molecule has 3 N–H and O–H groups in total. The Morgan fingerprint density at radius 3 is 2.29 bits per heavy atom. The standard InChI is InChI=1S/C9H19N.C6H7FN2O2/c1-7(2)8-5-3-4-6-9(8)10;1-3-4(6(10)11)5(7)9(2)8-3/h7-9H,3-6,10H2,1-2H3;1-2H3,(H,10,11). The van der Waals surface area contributed by atoms with Gasteiger partial charge in [0.2, 0.25) is 5.95 Å². The summed E-state index contributed by atoms with van der Waals surface area (Å²) in [6, 6.07) is 0.494. The van der Waals surface area contributed by atoms with Crippen molar-refractivity contribution in [2.45, 2.75) is 52.5 Å². The Labute approximate surface area is 125 Å². The molecule has 0 amide bonds. The van der Waals surface area contributed by atoms with E-state index in [9.17, 15) is 9.18 Å². The largest absolute Gasteiger partial charge is 0.477 e. The highest BCUT2D eigenvalue weighted by molar-refractivity contribution is 5.88. The summed E-state index contributed by atoms with van der Waals surface area (Å²) >= 11 is 0. The fraction of sp³-hybridized carbons (Fsp3) is 0.733. The van der Waals surface area contributed by atoms with Crippen molar-refractivity contribution in [3.8, 4) is 0 Å². The molecule has 0 bridgehead atoms. The number of carboxylic acids is 1. The minimum atomic E-state index is -1.28. The Balaban J connectivity index is 0.000000211. The SMILES string of the molecule is CC(C)C1CCCCC1N.Cc1nn(C)c(F)c1C(=O)O. The van der Waals surface area contributed by atoms with Gasteiger partial charge in [0, 0.05) is 13.1 Å². The summed E-state index contributed by atoms with van der Waals surface area (Å²) in [7, 11) is 1.36. The minimum absolute atomic E-state index is 0.192. The Bertz CT molecular complexity index is 486. The third-order valence-electron chi connectivity index (χ3n) is 4.10. The minimum Gasteiger partial charge on any atom is -0.477 e. The first-order valence-electron chi connectivity index (χ1n) is 7.43. The molecule has 5 nitrogen and oxygen atoms in total. The highest BCUT2D eigenvalue weighted by Gasteiger charge is 2.23. The van der Waals surface area contributed by atoms with Gasteiger partial charge in [-0.2, -0.15) is 9.49 Å².